The van der Waals surface area contributed by atoms with E-state index in [-0.39, 0.29) is 17.4 Å². The van der Waals surface area contributed by atoms with Crippen molar-refractivity contribution in [1.82, 2.24) is 25.0 Å². The lowest BCUT2D eigenvalue weighted by Crippen LogP contribution is -2.26. The lowest BCUT2D eigenvalue weighted by Gasteiger charge is -2.18. The van der Waals surface area contributed by atoms with E-state index in [1.807, 2.05) is 0 Å². The van der Waals surface area contributed by atoms with Crippen LogP contribution >= 0.6 is 26.8 Å². The van der Waals surface area contributed by atoms with Crippen LogP contribution < -0.4 is 5.32 Å². The number of aromatic nitrogens is 5. The molecule has 2 aliphatic rings. The molecule has 5 N–H and O–H groups in total. The van der Waals surface area contributed by atoms with Gasteiger partial charge in [-0.05, 0) is 30.4 Å². The molecule has 172 valence electrons. The predicted octanol–water partition coefficient (Wildman–Crippen LogP) is 0.682. The van der Waals surface area contributed by atoms with Crippen molar-refractivity contribution in [2.75, 3.05) is 24.4 Å². The standard InChI is InChI=1S/C14H21ClN6O8P2/c15-14-17-12(16-4-7-1-2-7)11-13(18-14)21(20-19-11)10-3-8(22)9(29-10)5-28-31(26,27)6-30(23,24)25/h7-10,22H,1-6H2,(H,26,27)(H,16,17,18)(H2,23,24,25)/t8-,9+,10+/m0/s1. The Bertz CT molecular complexity index is 1060. The Hall–Kier alpha value is -1.21. The molecule has 0 amide bonds. The second-order valence-corrected chi connectivity index (χ2v) is 11.9. The van der Waals surface area contributed by atoms with Gasteiger partial charge in [0.05, 0.1) is 12.7 Å². The summed E-state index contributed by atoms with van der Waals surface area (Å²) in [6, 6.07) is 0. The van der Waals surface area contributed by atoms with Crippen LogP contribution in [0, 0.1) is 5.92 Å². The third-order valence-corrected chi connectivity index (χ3v) is 8.46. The van der Waals surface area contributed by atoms with Gasteiger partial charge in [0.15, 0.2) is 29.1 Å². The lowest BCUT2D eigenvalue weighted by molar-refractivity contribution is -0.0440. The van der Waals surface area contributed by atoms with Crippen molar-refractivity contribution in [2.45, 2.75) is 37.7 Å². The molecule has 0 bridgehead atoms. The van der Waals surface area contributed by atoms with E-state index in [2.05, 4.69) is 25.6 Å². The van der Waals surface area contributed by atoms with E-state index < -0.39 is 46.1 Å². The minimum absolute atomic E-state index is 0.0218. The highest BCUT2D eigenvalue weighted by Gasteiger charge is 2.39. The summed E-state index contributed by atoms with van der Waals surface area (Å²) in [5.74, 6) is -0.308. The van der Waals surface area contributed by atoms with Crippen molar-refractivity contribution in [3.05, 3.63) is 5.28 Å². The van der Waals surface area contributed by atoms with Gasteiger partial charge < -0.3 is 34.4 Å². The first-order chi connectivity index (χ1) is 14.5. The van der Waals surface area contributed by atoms with Crippen LogP contribution in [0.25, 0.3) is 11.2 Å². The fourth-order valence-electron chi connectivity index (χ4n) is 3.16. The van der Waals surface area contributed by atoms with Gasteiger partial charge in [-0.15, -0.1) is 5.10 Å². The van der Waals surface area contributed by atoms with Crippen LogP contribution in [0.2, 0.25) is 5.28 Å². The highest BCUT2D eigenvalue weighted by atomic mass is 35.5. The topological polar surface area (TPSA) is 202 Å². The SMILES string of the molecule is O=P(O)(O)CP(=O)(O)OC[C@H]1O[C@@H](n2nnc3c(NCC4CC4)nc(Cl)nc32)C[C@@H]1O. The molecule has 2 aromatic rings. The molecule has 4 atom stereocenters. The van der Waals surface area contributed by atoms with Crippen LogP contribution in [0.15, 0.2) is 0 Å². The van der Waals surface area contributed by atoms with E-state index in [0.717, 1.165) is 19.4 Å². The number of halogens is 1. The van der Waals surface area contributed by atoms with Crippen molar-refractivity contribution in [3.63, 3.8) is 0 Å². The zero-order valence-electron chi connectivity index (χ0n) is 16.0. The monoisotopic (exact) mass is 498 g/mol. The number of aliphatic hydroxyl groups excluding tert-OH is 1. The molecule has 0 aromatic carbocycles. The second kappa shape index (κ2) is 8.62. The summed E-state index contributed by atoms with van der Waals surface area (Å²) in [5, 5.41) is 21.5. The Morgan fingerprint density at radius 3 is 2.68 bits per heavy atom. The van der Waals surface area contributed by atoms with Crippen LogP contribution in [0.4, 0.5) is 5.82 Å². The van der Waals surface area contributed by atoms with Gasteiger partial charge in [-0.25, -0.2) is 0 Å². The number of fused-ring (bicyclic) bond motifs is 1. The Morgan fingerprint density at radius 1 is 1.26 bits per heavy atom. The summed E-state index contributed by atoms with van der Waals surface area (Å²) >= 11 is 6.04. The predicted molar refractivity (Wildman–Crippen MR) is 107 cm³/mol. The number of hydrogen-bond donors (Lipinski definition) is 5. The van der Waals surface area contributed by atoms with E-state index in [1.165, 1.54) is 4.68 Å². The zero-order chi connectivity index (χ0) is 22.4. The number of hydrogen-bond acceptors (Lipinski definition) is 10. The summed E-state index contributed by atoms with van der Waals surface area (Å²) < 4.78 is 34.5. The molecule has 31 heavy (non-hydrogen) atoms. The molecule has 2 aromatic heterocycles. The first kappa shape index (κ1) is 23.0. The number of anilines is 1. The molecule has 1 saturated heterocycles. The van der Waals surface area contributed by atoms with E-state index in [4.69, 9.17) is 30.6 Å². The normalized spacial score (nSPS) is 26.3. The van der Waals surface area contributed by atoms with Gasteiger partial charge in [0.1, 0.15) is 6.10 Å². The number of nitrogens with one attached hydrogen (secondary N) is 1. The maximum Gasteiger partial charge on any atom is 0.340 e. The highest BCUT2D eigenvalue weighted by Crippen LogP contribution is 2.55. The fraction of sp³-hybridized carbons (Fsp3) is 0.714. The second-order valence-electron chi connectivity index (χ2n) is 7.54. The van der Waals surface area contributed by atoms with Gasteiger partial charge in [0.25, 0.3) is 0 Å². The number of aliphatic hydroxyl groups is 1. The molecule has 1 aliphatic carbocycles. The first-order valence-electron chi connectivity index (χ1n) is 9.37. The molecule has 0 spiro atoms. The van der Waals surface area contributed by atoms with Gasteiger partial charge in [0, 0.05) is 13.0 Å². The van der Waals surface area contributed by atoms with Crippen molar-refractivity contribution in [1.29, 1.82) is 0 Å². The van der Waals surface area contributed by atoms with Gasteiger partial charge in [-0.1, -0.05) is 5.21 Å². The summed E-state index contributed by atoms with van der Waals surface area (Å²) in [5.41, 5.74) is 0.663. The Balaban J connectivity index is 1.46. The lowest BCUT2D eigenvalue weighted by atomic mass is 10.2. The van der Waals surface area contributed by atoms with Crippen molar-refractivity contribution < 1.29 is 38.2 Å². The van der Waals surface area contributed by atoms with E-state index in [1.54, 1.807) is 0 Å². The van der Waals surface area contributed by atoms with E-state index in [9.17, 15) is 19.1 Å². The van der Waals surface area contributed by atoms with Gasteiger partial charge in [0.2, 0.25) is 5.28 Å². The van der Waals surface area contributed by atoms with Gasteiger partial charge >= 0.3 is 15.2 Å². The van der Waals surface area contributed by atoms with Gasteiger partial charge in [-0.2, -0.15) is 14.6 Å². The van der Waals surface area contributed by atoms with Crippen LogP contribution in [0.3, 0.4) is 0 Å². The van der Waals surface area contributed by atoms with E-state index in [0.29, 0.717) is 17.3 Å². The van der Waals surface area contributed by atoms with Crippen LogP contribution in [0.5, 0.6) is 0 Å². The van der Waals surface area contributed by atoms with Crippen molar-refractivity contribution in [2.24, 2.45) is 5.92 Å². The Labute approximate surface area is 180 Å². The number of rotatable bonds is 9. The fourth-order valence-corrected chi connectivity index (χ4v) is 5.90. The van der Waals surface area contributed by atoms with E-state index >= 15 is 0 Å². The largest absolute Gasteiger partial charge is 0.390 e. The Morgan fingerprint density at radius 2 is 2.00 bits per heavy atom. The molecule has 17 heteroatoms. The molecule has 1 aliphatic heterocycles. The van der Waals surface area contributed by atoms with Crippen LogP contribution in [0.1, 0.15) is 25.5 Å². The summed E-state index contributed by atoms with van der Waals surface area (Å²) in [4.78, 5) is 35.6. The minimum atomic E-state index is -4.76. The smallest absolute Gasteiger partial charge is 0.340 e. The summed E-state index contributed by atoms with van der Waals surface area (Å²) in [6.07, 6.45) is -0.611. The molecular weight excluding hydrogens is 478 g/mol. The molecule has 1 unspecified atom stereocenters. The van der Waals surface area contributed by atoms with Crippen LogP contribution in [-0.4, -0.2) is 76.0 Å². The number of nitrogens with zero attached hydrogens (tertiary/aromatic N) is 5. The van der Waals surface area contributed by atoms with Crippen molar-refractivity contribution in [3.8, 4) is 0 Å². The maximum absolute atomic E-state index is 11.8. The quantitative estimate of drug-likeness (QED) is 0.239. The molecule has 4 rings (SSSR count). The van der Waals surface area contributed by atoms with Crippen molar-refractivity contribution >= 4 is 43.8 Å². The Kier molecular flexibility index (Phi) is 6.39. The summed E-state index contributed by atoms with van der Waals surface area (Å²) in [6.45, 7) is 0.172. The highest BCUT2D eigenvalue weighted by molar-refractivity contribution is 7.70. The third-order valence-electron chi connectivity index (χ3n) is 4.83. The third kappa shape index (κ3) is 5.78. The maximum atomic E-state index is 11.8. The minimum Gasteiger partial charge on any atom is -0.390 e. The molecular formula is C14H21ClN6O8P2. The van der Waals surface area contributed by atoms with Crippen LogP contribution in [-0.2, 0) is 18.4 Å². The molecule has 3 heterocycles. The average Bonchev–Trinajstić information content (AvgIpc) is 3.26. The molecule has 0 radical (unpaired) electrons. The summed E-state index contributed by atoms with van der Waals surface area (Å²) in [7, 11) is -9.33. The molecule has 1 saturated carbocycles. The molecule has 2 fully saturated rings. The van der Waals surface area contributed by atoms with Gasteiger partial charge in [-0.3, -0.25) is 9.13 Å². The molecule has 14 nitrogen and oxygen atoms in total. The first-order valence-corrected chi connectivity index (χ1v) is 13.3. The zero-order valence-corrected chi connectivity index (χ0v) is 18.5. The number of ether oxygens (including phenoxy) is 1. The average molecular weight is 499 g/mol.